The fraction of sp³-hybridized carbons (Fsp3) is 0.143. The molecular weight excluding hydrogens is 264 g/mol. The van der Waals surface area contributed by atoms with Crippen molar-refractivity contribution in [1.29, 1.82) is 0 Å². The van der Waals surface area contributed by atoms with Gasteiger partial charge in [-0.2, -0.15) is 0 Å². The third kappa shape index (κ3) is 3.45. The highest BCUT2D eigenvalue weighted by Crippen LogP contribution is 2.22. The van der Waals surface area contributed by atoms with Gasteiger partial charge in [-0.3, -0.25) is 10.1 Å². The Labute approximate surface area is 116 Å². The van der Waals surface area contributed by atoms with Crippen LogP contribution in [0.25, 0.3) is 0 Å². The van der Waals surface area contributed by atoms with E-state index in [2.05, 4.69) is 5.32 Å². The molecular formula is C14H13ClN2O2. The van der Waals surface area contributed by atoms with Crippen LogP contribution >= 0.6 is 11.6 Å². The Morgan fingerprint density at radius 3 is 2.68 bits per heavy atom. The van der Waals surface area contributed by atoms with Crippen LogP contribution in [0.2, 0.25) is 5.02 Å². The van der Waals surface area contributed by atoms with E-state index in [1.165, 1.54) is 6.07 Å². The van der Waals surface area contributed by atoms with Gasteiger partial charge in [0.15, 0.2) is 0 Å². The second-order valence-corrected chi connectivity index (χ2v) is 4.68. The van der Waals surface area contributed by atoms with Crippen LogP contribution in [0.4, 0.5) is 11.4 Å². The van der Waals surface area contributed by atoms with Crippen molar-refractivity contribution in [2.45, 2.75) is 13.5 Å². The topological polar surface area (TPSA) is 55.2 Å². The lowest BCUT2D eigenvalue weighted by Crippen LogP contribution is -2.00. The number of benzene rings is 2. The summed E-state index contributed by atoms with van der Waals surface area (Å²) in [5.74, 6) is 0. The Morgan fingerprint density at radius 2 is 2.05 bits per heavy atom. The molecule has 19 heavy (non-hydrogen) atoms. The fourth-order valence-corrected chi connectivity index (χ4v) is 2.03. The smallest absolute Gasteiger partial charge is 0.272 e. The number of hydrogen-bond acceptors (Lipinski definition) is 3. The van der Waals surface area contributed by atoms with Crippen molar-refractivity contribution in [3.05, 3.63) is 68.7 Å². The van der Waals surface area contributed by atoms with E-state index in [4.69, 9.17) is 11.6 Å². The minimum Gasteiger partial charge on any atom is -0.381 e. The summed E-state index contributed by atoms with van der Waals surface area (Å²) in [5.41, 5.74) is 2.68. The van der Waals surface area contributed by atoms with Crippen molar-refractivity contribution in [1.82, 2.24) is 0 Å². The first-order chi connectivity index (χ1) is 9.06. The van der Waals surface area contributed by atoms with Crippen LogP contribution < -0.4 is 5.32 Å². The van der Waals surface area contributed by atoms with Gasteiger partial charge < -0.3 is 5.32 Å². The number of hydrogen-bond donors (Lipinski definition) is 1. The maximum atomic E-state index is 10.7. The first-order valence-corrected chi connectivity index (χ1v) is 6.17. The van der Waals surface area contributed by atoms with Crippen molar-refractivity contribution in [2.75, 3.05) is 5.32 Å². The molecule has 0 heterocycles. The summed E-state index contributed by atoms with van der Waals surface area (Å²) in [4.78, 5) is 10.3. The molecule has 0 aliphatic carbocycles. The number of nitro benzene ring substituents is 1. The van der Waals surface area contributed by atoms with Gasteiger partial charge in [-0.15, -0.1) is 0 Å². The zero-order valence-electron chi connectivity index (χ0n) is 10.4. The van der Waals surface area contributed by atoms with Crippen LogP contribution in [0, 0.1) is 17.0 Å². The molecule has 5 heteroatoms. The van der Waals surface area contributed by atoms with E-state index in [0.717, 1.165) is 11.3 Å². The second kappa shape index (κ2) is 5.71. The normalized spacial score (nSPS) is 10.2. The lowest BCUT2D eigenvalue weighted by Gasteiger charge is -2.08. The first-order valence-electron chi connectivity index (χ1n) is 5.79. The van der Waals surface area contributed by atoms with E-state index >= 15 is 0 Å². The monoisotopic (exact) mass is 276 g/mol. The SMILES string of the molecule is Cc1cc(NCc2cccc(Cl)c2)ccc1[N+](=O)[O-]. The Hall–Kier alpha value is -2.07. The first kappa shape index (κ1) is 13.4. The van der Waals surface area contributed by atoms with E-state index in [9.17, 15) is 10.1 Å². The van der Waals surface area contributed by atoms with Gasteiger partial charge in [0.2, 0.25) is 0 Å². The Morgan fingerprint density at radius 1 is 1.26 bits per heavy atom. The van der Waals surface area contributed by atoms with Crippen molar-refractivity contribution in [3.63, 3.8) is 0 Å². The van der Waals surface area contributed by atoms with Crippen LogP contribution in [-0.4, -0.2) is 4.92 Å². The standard InChI is InChI=1S/C14H13ClN2O2/c1-10-7-13(5-6-14(10)17(18)19)16-9-11-3-2-4-12(15)8-11/h2-8,16H,9H2,1H3. The second-order valence-electron chi connectivity index (χ2n) is 4.24. The average Bonchev–Trinajstić information content (AvgIpc) is 2.36. The van der Waals surface area contributed by atoms with Crippen molar-refractivity contribution >= 4 is 23.0 Å². The van der Waals surface area contributed by atoms with Crippen molar-refractivity contribution < 1.29 is 4.92 Å². The van der Waals surface area contributed by atoms with E-state index in [-0.39, 0.29) is 10.6 Å². The van der Waals surface area contributed by atoms with E-state index in [0.29, 0.717) is 17.1 Å². The molecule has 0 saturated heterocycles. The average molecular weight is 277 g/mol. The molecule has 0 unspecified atom stereocenters. The van der Waals surface area contributed by atoms with Gasteiger partial charge in [0.1, 0.15) is 0 Å². The predicted octanol–water partition coefficient (Wildman–Crippen LogP) is 4.17. The molecule has 0 radical (unpaired) electrons. The fourth-order valence-electron chi connectivity index (χ4n) is 1.82. The number of halogens is 1. The summed E-state index contributed by atoms with van der Waals surface area (Å²) in [5, 5.41) is 14.6. The molecule has 0 aliphatic rings. The molecule has 0 aliphatic heterocycles. The van der Waals surface area contributed by atoms with Gasteiger partial charge in [-0.05, 0) is 36.8 Å². The molecule has 2 aromatic carbocycles. The Balaban J connectivity index is 2.08. The lowest BCUT2D eigenvalue weighted by atomic mass is 10.1. The molecule has 98 valence electrons. The zero-order valence-corrected chi connectivity index (χ0v) is 11.1. The van der Waals surface area contributed by atoms with Gasteiger partial charge >= 0.3 is 0 Å². The summed E-state index contributed by atoms with van der Waals surface area (Å²) in [6, 6.07) is 12.5. The van der Waals surface area contributed by atoms with Crippen LogP contribution in [0.1, 0.15) is 11.1 Å². The quantitative estimate of drug-likeness (QED) is 0.673. The summed E-state index contributed by atoms with van der Waals surface area (Å²) in [6.45, 7) is 2.35. The molecule has 2 aromatic rings. The minimum absolute atomic E-state index is 0.133. The Bertz CT molecular complexity index is 614. The number of aryl methyl sites for hydroxylation is 1. The zero-order chi connectivity index (χ0) is 13.8. The number of rotatable bonds is 4. The summed E-state index contributed by atoms with van der Waals surface area (Å²) in [7, 11) is 0. The van der Waals surface area contributed by atoms with E-state index in [1.54, 1.807) is 19.1 Å². The molecule has 0 bridgehead atoms. The van der Waals surface area contributed by atoms with Gasteiger partial charge in [0.05, 0.1) is 4.92 Å². The van der Waals surface area contributed by atoms with Gasteiger partial charge in [-0.1, -0.05) is 23.7 Å². The maximum absolute atomic E-state index is 10.7. The highest BCUT2D eigenvalue weighted by molar-refractivity contribution is 6.30. The molecule has 0 amide bonds. The predicted molar refractivity (Wildman–Crippen MR) is 76.6 cm³/mol. The third-order valence-corrected chi connectivity index (χ3v) is 3.01. The molecule has 1 N–H and O–H groups in total. The molecule has 4 nitrogen and oxygen atoms in total. The number of nitrogens with zero attached hydrogens (tertiary/aromatic N) is 1. The van der Waals surface area contributed by atoms with Gasteiger partial charge in [0.25, 0.3) is 5.69 Å². The van der Waals surface area contributed by atoms with Gasteiger partial charge in [0, 0.05) is 28.9 Å². The van der Waals surface area contributed by atoms with Crippen molar-refractivity contribution in [2.24, 2.45) is 0 Å². The maximum Gasteiger partial charge on any atom is 0.272 e. The molecule has 0 saturated carbocycles. The summed E-state index contributed by atoms with van der Waals surface area (Å²) < 4.78 is 0. The van der Waals surface area contributed by atoms with Crippen molar-refractivity contribution in [3.8, 4) is 0 Å². The molecule has 0 atom stereocenters. The van der Waals surface area contributed by atoms with E-state index < -0.39 is 0 Å². The molecule has 0 aromatic heterocycles. The molecule has 2 rings (SSSR count). The number of nitrogens with one attached hydrogen (secondary N) is 1. The van der Waals surface area contributed by atoms with Crippen LogP contribution in [0.15, 0.2) is 42.5 Å². The highest BCUT2D eigenvalue weighted by Gasteiger charge is 2.09. The van der Waals surface area contributed by atoms with Crippen LogP contribution in [0.3, 0.4) is 0 Å². The summed E-state index contributed by atoms with van der Waals surface area (Å²) >= 11 is 5.90. The third-order valence-electron chi connectivity index (χ3n) is 2.78. The van der Waals surface area contributed by atoms with Crippen LogP contribution in [0.5, 0.6) is 0 Å². The van der Waals surface area contributed by atoms with E-state index in [1.807, 2.05) is 24.3 Å². The Kier molecular flexibility index (Phi) is 4.02. The largest absolute Gasteiger partial charge is 0.381 e. The number of nitro groups is 1. The highest BCUT2D eigenvalue weighted by atomic mass is 35.5. The number of anilines is 1. The molecule has 0 spiro atoms. The van der Waals surface area contributed by atoms with Crippen LogP contribution in [-0.2, 0) is 6.54 Å². The summed E-state index contributed by atoms with van der Waals surface area (Å²) in [6.07, 6.45) is 0. The van der Waals surface area contributed by atoms with Gasteiger partial charge in [-0.25, -0.2) is 0 Å². The minimum atomic E-state index is -0.379. The molecule has 0 fully saturated rings. The lowest BCUT2D eigenvalue weighted by molar-refractivity contribution is -0.385.